The summed E-state index contributed by atoms with van der Waals surface area (Å²) in [7, 11) is 2.14. The molecule has 0 amide bonds. The first-order valence-corrected chi connectivity index (χ1v) is 7.28. The average Bonchev–Trinajstić information content (AvgIpc) is 2.42. The van der Waals surface area contributed by atoms with Gasteiger partial charge in [-0.2, -0.15) is 0 Å². The number of hydrogen-bond acceptors (Lipinski definition) is 4. The number of pyridine rings is 1. The van der Waals surface area contributed by atoms with Crippen LogP contribution in [0.15, 0.2) is 12.1 Å². The highest BCUT2D eigenvalue weighted by molar-refractivity contribution is 6.31. The van der Waals surface area contributed by atoms with E-state index in [2.05, 4.69) is 29.2 Å². The molecule has 2 rings (SSSR count). The number of piperidine rings is 1. The van der Waals surface area contributed by atoms with E-state index in [-0.39, 0.29) is 6.10 Å². The van der Waals surface area contributed by atoms with Crippen LogP contribution in [0.1, 0.15) is 25.5 Å². The van der Waals surface area contributed by atoms with Crippen LogP contribution in [0.4, 0.5) is 0 Å². The van der Waals surface area contributed by atoms with E-state index in [9.17, 15) is 0 Å². The summed E-state index contributed by atoms with van der Waals surface area (Å²) < 4.78 is 5.96. The van der Waals surface area contributed by atoms with Gasteiger partial charge in [0.05, 0.1) is 10.7 Å². The highest BCUT2D eigenvalue weighted by atomic mass is 35.5. The molecule has 0 unspecified atom stereocenters. The predicted octanol–water partition coefficient (Wildman–Crippen LogP) is 2.32. The van der Waals surface area contributed by atoms with E-state index in [1.165, 1.54) is 0 Å². The standard InChI is InChI=1S/C14H22ClN3O/c1-3-16-10-13-12(15)4-5-14(17-13)19-11-6-8-18(2)9-7-11/h4-5,11,16H,3,6-10H2,1-2H3. The molecule has 0 radical (unpaired) electrons. The van der Waals surface area contributed by atoms with Gasteiger partial charge in [-0.1, -0.05) is 18.5 Å². The number of nitrogens with zero attached hydrogens (tertiary/aromatic N) is 2. The van der Waals surface area contributed by atoms with E-state index in [1.54, 1.807) is 0 Å². The highest BCUT2D eigenvalue weighted by Gasteiger charge is 2.18. The number of halogens is 1. The van der Waals surface area contributed by atoms with Gasteiger partial charge in [-0.25, -0.2) is 4.98 Å². The molecule has 0 aliphatic carbocycles. The maximum atomic E-state index is 6.13. The van der Waals surface area contributed by atoms with Crippen molar-refractivity contribution in [1.29, 1.82) is 0 Å². The van der Waals surface area contributed by atoms with Crippen molar-refractivity contribution >= 4 is 11.6 Å². The van der Waals surface area contributed by atoms with Crippen LogP contribution < -0.4 is 10.1 Å². The maximum Gasteiger partial charge on any atom is 0.213 e. The summed E-state index contributed by atoms with van der Waals surface area (Å²) in [4.78, 5) is 6.82. The third-order valence-electron chi connectivity index (χ3n) is 3.39. The third kappa shape index (κ3) is 4.34. The lowest BCUT2D eigenvalue weighted by atomic mass is 10.1. The lowest BCUT2D eigenvalue weighted by Gasteiger charge is -2.29. The molecule has 1 aromatic heterocycles. The first-order valence-electron chi connectivity index (χ1n) is 6.90. The molecule has 1 aromatic rings. The van der Waals surface area contributed by atoms with Crippen molar-refractivity contribution in [2.45, 2.75) is 32.4 Å². The van der Waals surface area contributed by atoms with Gasteiger partial charge in [0.25, 0.3) is 0 Å². The SMILES string of the molecule is CCNCc1nc(OC2CCN(C)CC2)ccc1Cl. The molecular formula is C14H22ClN3O. The number of nitrogens with one attached hydrogen (secondary N) is 1. The maximum absolute atomic E-state index is 6.13. The zero-order valence-electron chi connectivity index (χ0n) is 11.7. The summed E-state index contributed by atoms with van der Waals surface area (Å²) in [6, 6.07) is 3.72. The smallest absolute Gasteiger partial charge is 0.213 e. The highest BCUT2D eigenvalue weighted by Crippen LogP contribution is 2.21. The molecule has 19 heavy (non-hydrogen) atoms. The van der Waals surface area contributed by atoms with E-state index in [1.807, 2.05) is 12.1 Å². The first-order chi connectivity index (χ1) is 9.19. The van der Waals surface area contributed by atoms with E-state index >= 15 is 0 Å². The molecule has 0 atom stereocenters. The molecule has 0 aromatic carbocycles. The molecule has 1 fully saturated rings. The van der Waals surface area contributed by atoms with E-state index < -0.39 is 0 Å². The van der Waals surface area contributed by atoms with Crippen molar-refractivity contribution < 1.29 is 4.74 Å². The van der Waals surface area contributed by atoms with Crippen molar-refractivity contribution in [1.82, 2.24) is 15.2 Å². The Bertz CT molecular complexity index is 406. The molecule has 1 aliphatic heterocycles. The predicted molar refractivity (Wildman–Crippen MR) is 77.8 cm³/mol. The molecule has 0 spiro atoms. The minimum atomic E-state index is 0.275. The Hall–Kier alpha value is -0.840. The fourth-order valence-corrected chi connectivity index (χ4v) is 2.34. The Balaban J connectivity index is 1.96. The molecule has 0 saturated carbocycles. The first kappa shape index (κ1) is 14.6. The number of rotatable bonds is 5. The Morgan fingerprint density at radius 2 is 2.16 bits per heavy atom. The molecule has 1 aliphatic rings. The van der Waals surface area contributed by atoms with E-state index in [0.717, 1.165) is 38.2 Å². The minimum absolute atomic E-state index is 0.275. The van der Waals surface area contributed by atoms with Crippen LogP contribution in [0.2, 0.25) is 5.02 Å². The van der Waals surface area contributed by atoms with Gasteiger partial charge in [-0.05, 0) is 32.5 Å². The average molecular weight is 284 g/mol. The van der Waals surface area contributed by atoms with Gasteiger partial charge in [0.2, 0.25) is 5.88 Å². The topological polar surface area (TPSA) is 37.4 Å². The number of ether oxygens (including phenoxy) is 1. The van der Waals surface area contributed by atoms with Gasteiger partial charge in [0.15, 0.2) is 0 Å². The zero-order chi connectivity index (χ0) is 13.7. The van der Waals surface area contributed by atoms with Gasteiger partial charge in [-0.3, -0.25) is 0 Å². The molecule has 2 heterocycles. The number of hydrogen-bond donors (Lipinski definition) is 1. The molecule has 4 nitrogen and oxygen atoms in total. The van der Waals surface area contributed by atoms with Gasteiger partial charge in [-0.15, -0.1) is 0 Å². The number of aromatic nitrogens is 1. The summed E-state index contributed by atoms with van der Waals surface area (Å²) in [5.41, 5.74) is 0.856. The molecular weight excluding hydrogens is 262 g/mol. The van der Waals surface area contributed by atoms with Crippen LogP contribution in [0.25, 0.3) is 0 Å². The van der Waals surface area contributed by atoms with E-state index in [0.29, 0.717) is 17.4 Å². The third-order valence-corrected chi connectivity index (χ3v) is 3.73. The van der Waals surface area contributed by atoms with Crippen LogP contribution in [0, 0.1) is 0 Å². The quantitative estimate of drug-likeness (QED) is 0.900. The van der Waals surface area contributed by atoms with Gasteiger partial charge in [0.1, 0.15) is 6.10 Å². The van der Waals surface area contributed by atoms with E-state index in [4.69, 9.17) is 16.3 Å². The Labute approximate surface area is 120 Å². The largest absolute Gasteiger partial charge is 0.474 e. The van der Waals surface area contributed by atoms with Crippen LogP contribution in [0.3, 0.4) is 0 Å². The minimum Gasteiger partial charge on any atom is -0.474 e. The van der Waals surface area contributed by atoms with Gasteiger partial charge < -0.3 is 15.0 Å². The van der Waals surface area contributed by atoms with Crippen molar-refractivity contribution in [3.8, 4) is 5.88 Å². The van der Waals surface area contributed by atoms with Crippen molar-refractivity contribution in [2.75, 3.05) is 26.7 Å². The molecule has 0 bridgehead atoms. The second-order valence-electron chi connectivity index (χ2n) is 4.98. The second-order valence-corrected chi connectivity index (χ2v) is 5.39. The summed E-state index contributed by atoms with van der Waals surface area (Å²) in [5, 5.41) is 3.92. The summed E-state index contributed by atoms with van der Waals surface area (Å²) in [6.45, 7) is 5.82. The molecule has 1 saturated heterocycles. The normalized spacial score (nSPS) is 17.6. The molecule has 1 N–H and O–H groups in total. The Morgan fingerprint density at radius 3 is 2.84 bits per heavy atom. The lowest BCUT2D eigenvalue weighted by molar-refractivity contribution is 0.110. The van der Waals surface area contributed by atoms with Crippen LogP contribution in [-0.2, 0) is 6.54 Å². The fourth-order valence-electron chi connectivity index (χ4n) is 2.17. The Morgan fingerprint density at radius 1 is 1.42 bits per heavy atom. The Kier molecular flexibility index (Phi) is 5.43. The van der Waals surface area contributed by atoms with Crippen molar-refractivity contribution in [3.63, 3.8) is 0 Å². The summed E-state index contributed by atoms with van der Waals surface area (Å²) >= 11 is 6.13. The lowest BCUT2D eigenvalue weighted by Crippen LogP contribution is -2.35. The fraction of sp³-hybridized carbons (Fsp3) is 0.643. The van der Waals surface area contributed by atoms with Crippen LogP contribution in [0.5, 0.6) is 5.88 Å². The summed E-state index contributed by atoms with van der Waals surface area (Å²) in [6.07, 6.45) is 2.39. The summed E-state index contributed by atoms with van der Waals surface area (Å²) in [5.74, 6) is 0.687. The van der Waals surface area contributed by atoms with Crippen LogP contribution in [-0.4, -0.2) is 42.7 Å². The zero-order valence-corrected chi connectivity index (χ0v) is 12.4. The monoisotopic (exact) mass is 283 g/mol. The van der Waals surface area contributed by atoms with Gasteiger partial charge >= 0.3 is 0 Å². The van der Waals surface area contributed by atoms with Crippen LogP contribution >= 0.6 is 11.6 Å². The molecule has 5 heteroatoms. The van der Waals surface area contributed by atoms with Crippen molar-refractivity contribution in [2.24, 2.45) is 0 Å². The number of likely N-dealkylation sites (tertiary alicyclic amines) is 1. The van der Waals surface area contributed by atoms with Crippen molar-refractivity contribution in [3.05, 3.63) is 22.8 Å². The molecule has 106 valence electrons. The second kappa shape index (κ2) is 7.08. The van der Waals surface area contributed by atoms with Gasteiger partial charge in [0, 0.05) is 25.7 Å².